The second-order valence-electron chi connectivity index (χ2n) is 5.78. The van der Waals surface area contributed by atoms with E-state index in [1.165, 1.54) is 0 Å². The number of carbonyl (C=O) groups is 2. The van der Waals surface area contributed by atoms with Crippen molar-refractivity contribution in [3.8, 4) is 16.9 Å². The molecule has 0 saturated carbocycles. The molecule has 0 saturated heterocycles. The summed E-state index contributed by atoms with van der Waals surface area (Å²) in [5.41, 5.74) is 3.20. The monoisotopic (exact) mass is 345 g/mol. The van der Waals surface area contributed by atoms with Crippen LogP contribution in [0.2, 0.25) is 0 Å². The Morgan fingerprint density at radius 2 is 1.35 bits per heavy atom. The fourth-order valence-electron chi connectivity index (χ4n) is 2.59. The molecule has 4 heteroatoms. The lowest BCUT2D eigenvalue weighted by atomic mass is 10.0. The SMILES string of the molecule is COc1ccc(C(=O)NCC(=O)c2ccc(-c3ccccc3)cc2)cc1. The first-order valence-corrected chi connectivity index (χ1v) is 8.28. The van der Waals surface area contributed by atoms with E-state index in [0.717, 1.165) is 11.1 Å². The van der Waals surface area contributed by atoms with Crippen LogP contribution in [-0.2, 0) is 0 Å². The summed E-state index contributed by atoms with van der Waals surface area (Å²) in [4.78, 5) is 24.4. The Labute approximate surface area is 152 Å². The summed E-state index contributed by atoms with van der Waals surface area (Å²) in [6.45, 7) is -0.0461. The lowest BCUT2D eigenvalue weighted by Gasteiger charge is -2.07. The molecular weight excluding hydrogens is 326 g/mol. The van der Waals surface area contributed by atoms with Crippen molar-refractivity contribution in [1.29, 1.82) is 0 Å². The minimum atomic E-state index is -0.290. The molecule has 130 valence electrons. The zero-order valence-corrected chi connectivity index (χ0v) is 14.4. The topological polar surface area (TPSA) is 55.4 Å². The second kappa shape index (κ2) is 8.12. The third kappa shape index (κ3) is 4.16. The second-order valence-corrected chi connectivity index (χ2v) is 5.78. The zero-order valence-electron chi connectivity index (χ0n) is 14.4. The standard InChI is InChI=1S/C22H19NO3/c1-26-20-13-11-19(12-14-20)22(25)23-15-21(24)18-9-7-17(8-10-18)16-5-3-2-4-6-16/h2-14H,15H2,1H3,(H,23,25). The van der Waals surface area contributed by atoms with E-state index >= 15 is 0 Å². The summed E-state index contributed by atoms with van der Waals surface area (Å²) >= 11 is 0. The van der Waals surface area contributed by atoms with Crippen LogP contribution in [0.25, 0.3) is 11.1 Å². The number of benzene rings is 3. The number of hydrogen-bond acceptors (Lipinski definition) is 3. The van der Waals surface area contributed by atoms with E-state index in [4.69, 9.17) is 4.74 Å². The molecule has 3 aromatic rings. The van der Waals surface area contributed by atoms with E-state index in [1.807, 2.05) is 42.5 Å². The summed E-state index contributed by atoms with van der Waals surface area (Å²) in [6.07, 6.45) is 0. The summed E-state index contributed by atoms with van der Waals surface area (Å²) in [7, 11) is 1.57. The lowest BCUT2D eigenvalue weighted by Crippen LogP contribution is -2.29. The highest BCUT2D eigenvalue weighted by Gasteiger charge is 2.10. The molecule has 0 aliphatic rings. The van der Waals surface area contributed by atoms with Crippen LogP contribution in [0.4, 0.5) is 0 Å². The van der Waals surface area contributed by atoms with Crippen molar-refractivity contribution in [2.24, 2.45) is 0 Å². The molecule has 1 amide bonds. The number of carbonyl (C=O) groups excluding carboxylic acids is 2. The smallest absolute Gasteiger partial charge is 0.251 e. The Bertz CT molecular complexity index is 885. The number of Topliss-reactive ketones (excluding diaryl/α,β-unsaturated/α-hetero) is 1. The van der Waals surface area contributed by atoms with Crippen LogP contribution in [0.5, 0.6) is 5.75 Å². The van der Waals surface area contributed by atoms with E-state index in [2.05, 4.69) is 5.32 Å². The van der Waals surface area contributed by atoms with E-state index < -0.39 is 0 Å². The first kappa shape index (κ1) is 17.4. The maximum Gasteiger partial charge on any atom is 0.251 e. The zero-order chi connectivity index (χ0) is 18.4. The number of amides is 1. The van der Waals surface area contributed by atoms with Gasteiger partial charge in [-0.2, -0.15) is 0 Å². The van der Waals surface area contributed by atoms with Gasteiger partial charge >= 0.3 is 0 Å². The normalized spacial score (nSPS) is 10.2. The predicted octanol–water partition coefficient (Wildman–Crippen LogP) is 3.97. The van der Waals surface area contributed by atoms with Crippen LogP contribution in [0.1, 0.15) is 20.7 Å². The molecule has 0 spiro atoms. The largest absolute Gasteiger partial charge is 0.497 e. The van der Waals surface area contributed by atoms with Crippen molar-refractivity contribution in [3.63, 3.8) is 0 Å². The Balaban J connectivity index is 1.60. The molecule has 1 N–H and O–H groups in total. The van der Waals surface area contributed by atoms with Gasteiger partial charge in [-0.25, -0.2) is 0 Å². The molecule has 3 aromatic carbocycles. The molecule has 0 fully saturated rings. The third-order valence-electron chi connectivity index (χ3n) is 4.08. The number of nitrogens with one attached hydrogen (secondary N) is 1. The van der Waals surface area contributed by atoms with E-state index in [9.17, 15) is 9.59 Å². The van der Waals surface area contributed by atoms with E-state index in [1.54, 1.807) is 43.5 Å². The van der Waals surface area contributed by atoms with Gasteiger partial charge in [-0.1, -0.05) is 54.6 Å². The van der Waals surface area contributed by atoms with E-state index in [0.29, 0.717) is 16.9 Å². The van der Waals surface area contributed by atoms with Crippen molar-refractivity contribution in [3.05, 3.63) is 90.0 Å². The summed E-state index contributed by atoms with van der Waals surface area (Å²) in [5, 5.41) is 2.65. The average Bonchev–Trinajstić information content (AvgIpc) is 2.72. The molecule has 3 rings (SSSR count). The van der Waals surface area contributed by atoms with Crippen molar-refractivity contribution in [2.75, 3.05) is 13.7 Å². The van der Waals surface area contributed by atoms with Crippen LogP contribution in [-0.4, -0.2) is 25.3 Å². The molecule has 0 heterocycles. The first-order chi connectivity index (χ1) is 12.7. The van der Waals surface area contributed by atoms with Gasteiger partial charge in [0.1, 0.15) is 5.75 Å². The average molecular weight is 345 g/mol. The van der Waals surface area contributed by atoms with Gasteiger partial charge < -0.3 is 10.1 Å². The van der Waals surface area contributed by atoms with Crippen LogP contribution < -0.4 is 10.1 Å². The molecule has 0 unspecified atom stereocenters. The van der Waals surface area contributed by atoms with Crippen molar-refractivity contribution in [1.82, 2.24) is 5.32 Å². The Kier molecular flexibility index (Phi) is 5.44. The number of rotatable bonds is 6. The third-order valence-corrected chi connectivity index (χ3v) is 4.08. The van der Waals surface area contributed by atoms with Crippen molar-refractivity contribution >= 4 is 11.7 Å². The van der Waals surface area contributed by atoms with Gasteiger partial charge in [0.15, 0.2) is 5.78 Å². The van der Waals surface area contributed by atoms with Gasteiger partial charge in [-0.3, -0.25) is 9.59 Å². The van der Waals surface area contributed by atoms with Gasteiger partial charge in [0.25, 0.3) is 5.91 Å². The highest BCUT2D eigenvalue weighted by molar-refractivity contribution is 6.02. The Morgan fingerprint density at radius 3 is 1.96 bits per heavy atom. The fourth-order valence-corrected chi connectivity index (χ4v) is 2.59. The molecule has 0 bridgehead atoms. The van der Waals surface area contributed by atoms with Gasteiger partial charge in [0.2, 0.25) is 0 Å². The minimum Gasteiger partial charge on any atom is -0.497 e. The van der Waals surface area contributed by atoms with Gasteiger partial charge in [0.05, 0.1) is 13.7 Å². The summed E-state index contributed by atoms with van der Waals surface area (Å²) in [6, 6.07) is 24.1. The van der Waals surface area contributed by atoms with Crippen LogP contribution in [0, 0.1) is 0 Å². The molecule has 0 radical (unpaired) electrons. The maximum absolute atomic E-state index is 12.3. The van der Waals surface area contributed by atoms with E-state index in [-0.39, 0.29) is 18.2 Å². The van der Waals surface area contributed by atoms with Crippen LogP contribution >= 0.6 is 0 Å². The lowest BCUT2D eigenvalue weighted by molar-refractivity contribution is 0.0904. The number of hydrogen-bond donors (Lipinski definition) is 1. The summed E-state index contributed by atoms with van der Waals surface area (Å²) in [5.74, 6) is 0.254. The maximum atomic E-state index is 12.3. The van der Waals surface area contributed by atoms with Gasteiger partial charge in [-0.15, -0.1) is 0 Å². The van der Waals surface area contributed by atoms with Crippen molar-refractivity contribution in [2.45, 2.75) is 0 Å². The molecule has 26 heavy (non-hydrogen) atoms. The van der Waals surface area contributed by atoms with Gasteiger partial charge in [-0.05, 0) is 35.4 Å². The number of methoxy groups -OCH3 is 1. The first-order valence-electron chi connectivity index (χ1n) is 8.28. The molecule has 4 nitrogen and oxygen atoms in total. The van der Waals surface area contributed by atoms with Crippen LogP contribution in [0.3, 0.4) is 0 Å². The molecular formula is C22H19NO3. The summed E-state index contributed by atoms with van der Waals surface area (Å²) < 4.78 is 5.06. The van der Waals surface area contributed by atoms with Crippen molar-refractivity contribution < 1.29 is 14.3 Å². The Morgan fingerprint density at radius 1 is 0.769 bits per heavy atom. The molecule has 0 atom stereocenters. The quantitative estimate of drug-likeness (QED) is 0.688. The number of ether oxygens (including phenoxy) is 1. The highest BCUT2D eigenvalue weighted by Crippen LogP contribution is 2.19. The molecule has 0 aliphatic heterocycles. The fraction of sp³-hybridized carbons (Fsp3) is 0.0909. The predicted molar refractivity (Wildman–Crippen MR) is 102 cm³/mol. The molecule has 0 aliphatic carbocycles. The number of ketones is 1. The van der Waals surface area contributed by atoms with Gasteiger partial charge in [0, 0.05) is 11.1 Å². The molecule has 0 aromatic heterocycles. The Hall–Kier alpha value is -3.40. The van der Waals surface area contributed by atoms with Crippen LogP contribution in [0.15, 0.2) is 78.9 Å². The highest BCUT2D eigenvalue weighted by atomic mass is 16.5. The minimum absolute atomic E-state index is 0.0461.